The summed E-state index contributed by atoms with van der Waals surface area (Å²) in [6.07, 6.45) is 7.24. The van der Waals surface area contributed by atoms with E-state index in [4.69, 9.17) is 0 Å². The van der Waals surface area contributed by atoms with Crippen molar-refractivity contribution in [1.82, 2.24) is 4.90 Å². The number of hydrogen-bond acceptors (Lipinski definition) is 2. The molecular formula is C19H29NO. The summed E-state index contributed by atoms with van der Waals surface area (Å²) in [6, 6.07) is 7.45. The maximum absolute atomic E-state index is 10.4. The second-order valence-electron chi connectivity index (χ2n) is 7.11. The van der Waals surface area contributed by atoms with Gasteiger partial charge in [0.2, 0.25) is 0 Å². The summed E-state index contributed by atoms with van der Waals surface area (Å²) in [4.78, 5) is 2.63. The standard InChI is InChI=1S/C19H29NO/c1-14-9-10-16(12-15(14)2)13-20-11-5-7-18(20)17-6-3-4-8-19(17)21/h9-10,12,17-19,21H,3-8,11,13H2,1-2H3. The van der Waals surface area contributed by atoms with Gasteiger partial charge in [-0.2, -0.15) is 0 Å². The fraction of sp³-hybridized carbons (Fsp3) is 0.684. The van der Waals surface area contributed by atoms with Gasteiger partial charge in [-0.1, -0.05) is 31.0 Å². The maximum atomic E-state index is 10.4. The van der Waals surface area contributed by atoms with E-state index in [1.54, 1.807) is 0 Å². The first-order chi connectivity index (χ1) is 10.1. The van der Waals surface area contributed by atoms with Gasteiger partial charge in [-0.05, 0) is 62.8 Å². The smallest absolute Gasteiger partial charge is 0.0583 e. The Morgan fingerprint density at radius 3 is 2.62 bits per heavy atom. The van der Waals surface area contributed by atoms with Crippen LogP contribution in [0.3, 0.4) is 0 Å². The van der Waals surface area contributed by atoms with Crippen LogP contribution in [0.15, 0.2) is 18.2 Å². The van der Waals surface area contributed by atoms with Crippen LogP contribution in [0.4, 0.5) is 0 Å². The highest BCUT2D eigenvalue weighted by atomic mass is 16.3. The summed E-state index contributed by atoms with van der Waals surface area (Å²) in [5.41, 5.74) is 4.19. The molecule has 1 aliphatic carbocycles. The molecule has 1 heterocycles. The average Bonchev–Trinajstić information content (AvgIpc) is 2.91. The van der Waals surface area contributed by atoms with Gasteiger partial charge < -0.3 is 5.11 Å². The van der Waals surface area contributed by atoms with Crippen LogP contribution >= 0.6 is 0 Å². The number of benzene rings is 1. The first kappa shape index (κ1) is 15.1. The number of aryl methyl sites for hydroxylation is 2. The van der Waals surface area contributed by atoms with Gasteiger partial charge in [-0.15, -0.1) is 0 Å². The number of likely N-dealkylation sites (tertiary alicyclic amines) is 1. The lowest BCUT2D eigenvalue weighted by Gasteiger charge is -2.37. The monoisotopic (exact) mass is 287 g/mol. The van der Waals surface area contributed by atoms with Gasteiger partial charge in [-0.3, -0.25) is 4.90 Å². The van der Waals surface area contributed by atoms with Gasteiger partial charge >= 0.3 is 0 Å². The van der Waals surface area contributed by atoms with Crippen LogP contribution < -0.4 is 0 Å². The minimum absolute atomic E-state index is 0.0656. The molecule has 2 heteroatoms. The van der Waals surface area contributed by atoms with Crippen molar-refractivity contribution in [1.29, 1.82) is 0 Å². The number of rotatable bonds is 3. The fourth-order valence-corrected chi connectivity index (χ4v) is 4.26. The third-order valence-corrected chi connectivity index (χ3v) is 5.65. The van der Waals surface area contributed by atoms with E-state index in [9.17, 15) is 5.11 Å². The lowest BCUT2D eigenvalue weighted by molar-refractivity contribution is 0.0201. The second-order valence-corrected chi connectivity index (χ2v) is 7.11. The summed E-state index contributed by atoms with van der Waals surface area (Å²) in [6.45, 7) is 6.62. The number of hydrogen-bond donors (Lipinski definition) is 1. The average molecular weight is 287 g/mol. The molecule has 2 nitrogen and oxygen atoms in total. The normalized spacial score (nSPS) is 30.7. The molecule has 0 spiro atoms. The van der Waals surface area contributed by atoms with Crippen LogP contribution in [0.1, 0.15) is 55.2 Å². The molecule has 1 saturated heterocycles. The van der Waals surface area contributed by atoms with E-state index >= 15 is 0 Å². The Morgan fingerprint density at radius 1 is 1.05 bits per heavy atom. The Bertz CT molecular complexity index is 484. The topological polar surface area (TPSA) is 23.5 Å². The first-order valence-corrected chi connectivity index (χ1v) is 8.63. The van der Waals surface area contributed by atoms with E-state index in [0.29, 0.717) is 12.0 Å². The maximum Gasteiger partial charge on any atom is 0.0583 e. The summed E-state index contributed by atoms with van der Waals surface area (Å²) >= 11 is 0. The zero-order valence-electron chi connectivity index (χ0n) is 13.5. The largest absolute Gasteiger partial charge is 0.393 e. The molecule has 0 bridgehead atoms. The molecule has 2 aliphatic rings. The van der Waals surface area contributed by atoms with Crippen molar-refractivity contribution < 1.29 is 5.11 Å². The molecule has 3 unspecified atom stereocenters. The van der Waals surface area contributed by atoms with E-state index < -0.39 is 0 Å². The molecule has 2 fully saturated rings. The molecular weight excluding hydrogens is 258 g/mol. The van der Waals surface area contributed by atoms with Gasteiger partial charge in [0, 0.05) is 18.5 Å². The summed E-state index contributed by atoms with van der Waals surface area (Å²) in [7, 11) is 0. The van der Waals surface area contributed by atoms with Gasteiger partial charge in [-0.25, -0.2) is 0 Å². The molecule has 1 saturated carbocycles. The highest BCUT2D eigenvalue weighted by molar-refractivity contribution is 5.30. The molecule has 1 N–H and O–H groups in total. The highest BCUT2D eigenvalue weighted by Gasteiger charge is 2.36. The summed E-state index contributed by atoms with van der Waals surface area (Å²) in [5.74, 6) is 0.507. The van der Waals surface area contributed by atoms with E-state index in [1.807, 2.05) is 0 Å². The molecule has 21 heavy (non-hydrogen) atoms. The number of aliphatic hydroxyl groups excluding tert-OH is 1. The Morgan fingerprint density at radius 2 is 1.86 bits per heavy atom. The predicted molar refractivity (Wildman–Crippen MR) is 87.3 cm³/mol. The van der Waals surface area contributed by atoms with Gasteiger partial charge in [0.1, 0.15) is 0 Å². The Labute approximate surface area is 129 Å². The first-order valence-electron chi connectivity index (χ1n) is 8.63. The third-order valence-electron chi connectivity index (χ3n) is 5.65. The molecule has 3 rings (SSSR count). The predicted octanol–water partition coefficient (Wildman–Crippen LogP) is 3.82. The highest BCUT2D eigenvalue weighted by Crippen LogP contribution is 2.35. The van der Waals surface area contributed by atoms with Crippen LogP contribution in [-0.4, -0.2) is 28.7 Å². The summed E-state index contributed by atoms with van der Waals surface area (Å²) in [5, 5.41) is 10.4. The second kappa shape index (κ2) is 6.50. The van der Waals surface area contributed by atoms with Crippen LogP contribution in [0.5, 0.6) is 0 Å². The molecule has 116 valence electrons. The van der Waals surface area contributed by atoms with E-state index in [-0.39, 0.29) is 6.10 Å². The lowest BCUT2D eigenvalue weighted by atomic mass is 9.80. The minimum Gasteiger partial charge on any atom is -0.393 e. The molecule has 0 radical (unpaired) electrons. The zero-order chi connectivity index (χ0) is 14.8. The Kier molecular flexibility index (Phi) is 4.66. The molecule has 0 aromatic heterocycles. The SMILES string of the molecule is Cc1ccc(CN2CCCC2C2CCCCC2O)cc1C. The van der Waals surface area contributed by atoms with Crippen molar-refractivity contribution in [3.05, 3.63) is 34.9 Å². The Hall–Kier alpha value is -0.860. The van der Waals surface area contributed by atoms with Gasteiger partial charge in [0.05, 0.1) is 6.10 Å². The van der Waals surface area contributed by atoms with Crippen LogP contribution in [0.2, 0.25) is 0 Å². The van der Waals surface area contributed by atoms with Gasteiger partial charge in [0.15, 0.2) is 0 Å². The molecule has 0 amide bonds. The minimum atomic E-state index is -0.0656. The van der Waals surface area contributed by atoms with Crippen molar-refractivity contribution >= 4 is 0 Å². The fourth-order valence-electron chi connectivity index (χ4n) is 4.26. The van der Waals surface area contributed by atoms with Gasteiger partial charge in [0.25, 0.3) is 0 Å². The van der Waals surface area contributed by atoms with E-state index in [1.165, 1.54) is 55.3 Å². The molecule has 1 aromatic carbocycles. The molecule has 3 atom stereocenters. The zero-order valence-corrected chi connectivity index (χ0v) is 13.5. The van der Waals surface area contributed by atoms with Crippen molar-refractivity contribution in [3.63, 3.8) is 0 Å². The lowest BCUT2D eigenvalue weighted by Crippen LogP contribution is -2.42. The van der Waals surface area contributed by atoms with Crippen molar-refractivity contribution in [2.75, 3.05) is 6.54 Å². The quantitative estimate of drug-likeness (QED) is 0.913. The van der Waals surface area contributed by atoms with Crippen molar-refractivity contribution in [2.45, 2.75) is 71.1 Å². The molecule has 1 aliphatic heterocycles. The molecule has 1 aromatic rings. The number of nitrogens with zero attached hydrogens (tertiary/aromatic N) is 1. The number of aliphatic hydroxyl groups is 1. The van der Waals surface area contributed by atoms with Crippen molar-refractivity contribution in [3.8, 4) is 0 Å². The van der Waals surface area contributed by atoms with E-state index in [2.05, 4.69) is 36.9 Å². The Balaban J connectivity index is 1.70. The van der Waals surface area contributed by atoms with Crippen molar-refractivity contribution in [2.24, 2.45) is 5.92 Å². The summed E-state index contributed by atoms with van der Waals surface area (Å²) < 4.78 is 0. The van der Waals surface area contributed by atoms with E-state index in [0.717, 1.165) is 13.0 Å². The van der Waals surface area contributed by atoms with Crippen LogP contribution in [0, 0.1) is 19.8 Å². The van der Waals surface area contributed by atoms with Crippen LogP contribution in [-0.2, 0) is 6.54 Å². The van der Waals surface area contributed by atoms with Crippen LogP contribution in [0.25, 0.3) is 0 Å². The third kappa shape index (κ3) is 3.32.